The van der Waals surface area contributed by atoms with Crippen LogP contribution in [0.3, 0.4) is 0 Å². The van der Waals surface area contributed by atoms with E-state index < -0.39 is 0 Å². The van der Waals surface area contributed by atoms with Gasteiger partial charge in [0, 0.05) is 57.6 Å². The topological polar surface area (TPSA) is 105 Å². The Bertz CT molecular complexity index is 1200. The molecular weight excluding hydrogens is 434 g/mol. The summed E-state index contributed by atoms with van der Waals surface area (Å²) in [5.74, 6) is 1.73. The third kappa shape index (κ3) is 4.14. The minimum Gasteiger partial charge on any atom is -0.353 e. The fourth-order valence-electron chi connectivity index (χ4n) is 4.40. The molecule has 0 aliphatic carbocycles. The van der Waals surface area contributed by atoms with Crippen molar-refractivity contribution >= 4 is 23.5 Å². The van der Waals surface area contributed by atoms with Crippen LogP contribution in [-0.2, 0) is 4.79 Å². The van der Waals surface area contributed by atoms with E-state index in [1.165, 1.54) is 4.90 Å². The van der Waals surface area contributed by atoms with Gasteiger partial charge in [0.15, 0.2) is 0 Å². The number of anilines is 1. The number of hydrogen-bond acceptors (Lipinski definition) is 7. The predicted octanol–water partition coefficient (Wildman–Crippen LogP) is 1.70. The standard InChI is InChI=1S/C24H25N7O3/c1-17-26-20(15-21(27-17)30-10-8-25-16-30)28-11-13-29(14-12-28)22(32)7-4-9-31-23(33)18-5-2-3-6-19(18)24(31)34/h2-3,5-6,8,10,15-16H,4,7,9,11-14H2,1H3. The van der Waals surface area contributed by atoms with Crippen LogP contribution in [0.1, 0.15) is 39.4 Å². The van der Waals surface area contributed by atoms with E-state index in [4.69, 9.17) is 0 Å². The van der Waals surface area contributed by atoms with Crippen LogP contribution in [0, 0.1) is 6.92 Å². The molecular formula is C24H25N7O3. The minimum absolute atomic E-state index is 0.0363. The Hall–Kier alpha value is -4.08. The van der Waals surface area contributed by atoms with Gasteiger partial charge in [0.05, 0.1) is 11.1 Å². The summed E-state index contributed by atoms with van der Waals surface area (Å²) >= 11 is 0. The van der Waals surface area contributed by atoms with Gasteiger partial charge in [-0.3, -0.25) is 23.9 Å². The Kier molecular flexibility index (Phi) is 5.79. The number of imide groups is 1. The number of hydrogen-bond donors (Lipinski definition) is 0. The lowest BCUT2D eigenvalue weighted by molar-refractivity contribution is -0.131. The van der Waals surface area contributed by atoms with Gasteiger partial charge in [-0.05, 0) is 25.5 Å². The maximum absolute atomic E-state index is 12.7. The summed E-state index contributed by atoms with van der Waals surface area (Å²) in [5.41, 5.74) is 0.872. The molecule has 1 saturated heterocycles. The zero-order valence-corrected chi connectivity index (χ0v) is 18.9. The second kappa shape index (κ2) is 9.05. The highest BCUT2D eigenvalue weighted by Crippen LogP contribution is 2.23. The maximum Gasteiger partial charge on any atom is 0.261 e. The third-order valence-electron chi connectivity index (χ3n) is 6.19. The van der Waals surface area contributed by atoms with E-state index in [1.807, 2.05) is 28.7 Å². The first-order valence-electron chi connectivity index (χ1n) is 11.3. The van der Waals surface area contributed by atoms with Gasteiger partial charge in [0.25, 0.3) is 11.8 Å². The molecule has 34 heavy (non-hydrogen) atoms. The molecule has 3 aromatic rings. The second-order valence-electron chi connectivity index (χ2n) is 8.38. The molecule has 2 aliphatic heterocycles. The van der Waals surface area contributed by atoms with Crippen LogP contribution in [0.4, 0.5) is 5.82 Å². The van der Waals surface area contributed by atoms with Crippen LogP contribution in [-0.4, -0.2) is 79.8 Å². The molecule has 5 rings (SSSR count). The molecule has 0 bridgehead atoms. The minimum atomic E-state index is -0.281. The van der Waals surface area contributed by atoms with Crippen molar-refractivity contribution in [2.75, 3.05) is 37.6 Å². The van der Waals surface area contributed by atoms with Gasteiger partial charge in [-0.25, -0.2) is 15.0 Å². The summed E-state index contributed by atoms with van der Waals surface area (Å²) < 4.78 is 1.84. The number of piperazine rings is 1. The number of amides is 3. The fraction of sp³-hybridized carbons (Fsp3) is 0.333. The molecule has 10 heteroatoms. The molecule has 2 aliphatic rings. The Labute approximate surface area is 196 Å². The average molecular weight is 460 g/mol. The lowest BCUT2D eigenvalue weighted by Crippen LogP contribution is -2.49. The lowest BCUT2D eigenvalue weighted by Gasteiger charge is -2.35. The Balaban J connectivity index is 1.13. The van der Waals surface area contributed by atoms with E-state index in [1.54, 1.807) is 36.8 Å². The van der Waals surface area contributed by atoms with Crippen molar-refractivity contribution in [3.8, 4) is 5.82 Å². The molecule has 4 heterocycles. The second-order valence-corrected chi connectivity index (χ2v) is 8.38. The first-order chi connectivity index (χ1) is 16.5. The number of imidazole rings is 1. The number of benzene rings is 1. The predicted molar refractivity (Wildman–Crippen MR) is 124 cm³/mol. The van der Waals surface area contributed by atoms with Gasteiger partial charge in [0.1, 0.15) is 23.8 Å². The van der Waals surface area contributed by atoms with Crippen LogP contribution in [0.15, 0.2) is 49.1 Å². The molecule has 10 nitrogen and oxygen atoms in total. The van der Waals surface area contributed by atoms with E-state index in [9.17, 15) is 14.4 Å². The number of carbonyl (C=O) groups is 3. The summed E-state index contributed by atoms with van der Waals surface area (Å²) in [4.78, 5) is 56.0. The summed E-state index contributed by atoms with van der Waals surface area (Å²) in [6, 6.07) is 8.75. The molecule has 0 spiro atoms. The summed E-state index contributed by atoms with van der Waals surface area (Å²) in [5, 5.41) is 0. The highest BCUT2D eigenvalue weighted by molar-refractivity contribution is 6.21. The highest BCUT2D eigenvalue weighted by Gasteiger charge is 2.34. The van der Waals surface area contributed by atoms with E-state index in [2.05, 4.69) is 19.9 Å². The molecule has 174 valence electrons. The van der Waals surface area contributed by atoms with Crippen LogP contribution in [0.5, 0.6) is 0 Å². The molecule has 0 saturated carbocycles. The number of aryl methyl sites for hydroxylation is 1. The zero-order valence-electron chi connectivity index (χ0n) is 18.9. The van der Waals surface area contributed by atoms with Crippen molar-refractivity contribution in [2.24, 2.45) is 0 Å². The third-order valence-corrected chi connectivity index (χ3v) is 6.19. The molecule has 1 aromatic carbocycles. The molecule has 1 fully saturated rings. The zero-order chi connectivity index (χ0) is 23.7. The number of rotatable bonds is 6. The average Bonchev–Trinajstić information content (AvgIpc) is 3.48. The SMILES string of the molecule is Cc1nc(N2CCN(C(=O)CCCN3C(=O)c4ccccc4C3=O)CC2)cc(-n2ccnc2)n1. The summed E-state index contributed by atoms with van der Waals surface area (Å²) in [6.45, 7) is 4.63. The van der Waals surface area contributed by atoms with Crippen molar-refractivity contribution in [1.29, 1.82) is 0 Å². The molecule has 2 aromatic heterocycles. The Morgan fingerprint density at radius 2 is 1.65 bits per heavy atom. The number of carbonyl (C=O) groups excluding carboxylic acids is 3. The fourth-order valence-corrected chi connectivity index (χ4v) is 4.40. The number of aromatic nitrogens is 4. The molecule has 0 unspecified atom stereocenters. The van der Waals surface area contributed by atoms with Crippen molar-refractivity contribution in [3.05, 3.63) is 66.0 Å². The van der Waals surface area contributed by atoms with E-state index >= 15 is 0 Å². The maximum atomic E-state index is 12.7. The Morgan fingerprint density at radius 3 is 2.29 bits per heavy atom. The number of fused-ring (bicyclic) bond motifs is 1. The van der Waals surface area contributed by atoms with Crippen molar-refractivity contribution in [3.63, 3.8) is 0 Å². The monoisotopic (exact) mass is 459 g/mol. The van der Waals surface area contributed by atoms with Gasteiger partial charge in [-0.1, -0.05) is 12.1 Å². The van der Waals surface area contributed by atoms with Gasteiger partial charge in [0.2, 0.25) is 5.91 Å². The van der Waals surface area contributed by atoms with Crippen molar-refractivity contribution < 1.29 is 14.4 Å². The lowest BCUT2D eigenvalue weighted by atomic mass is 10.1. The molecule has 0 radical (unpaired) electrons. The van der Waals surface area contributed by atoms with E-state index in [0.717, 1.165) is 11.6 Å². The van der Waals surface area contributed by atoms with Gasteiger partial charge in [-0.2, -0.15) is 0 Å². The van der Waals surface area contributed by atoms with E-state index in [0.29, 0.717) is 56.0 Å². The van der Waals surface area contributed by atoms with Crippen LogP contribution in [0.2, 0.25) is 0 Å². The van der Waals surface area contributed by atoms with Crippen LogP contribution < -0.4 is 4.90 Å². The van der Waals surface area contributed by atoms with Crippen molar-refractivity contribution in [2.45, 2.75) is 19.8 Å². The Morgan fingerprint density at radius 1 is 0.971 bits per heavy atom. The first-order valence-corrected chi connectivity index (χ1v) is 11.3. The number of nitrogens with zero attached hydrogens (tertiary/aromatic N) is 7. The summed E-state index contributed by atoms with van der Waals surface area (Å²) in [6.07, 6.45) is 5.98. The first kappa shape index (κ1) is 21.7. The normalized spacial score (nSPS) is 15.7. The quantitative estimate of drug-likeness (QED) is 0.517. The van der Waals surface area contributed by atoms with Gasteiger partial charge in [-0.15, -0.1) is 0 Å². The smallest absolute Gasteiger partial charge is 0.261 e. The largest absolute Gasteiger partial charge is 0.353 e. The molecule has 0 atom stereocenters. The molecule has 0 N–H and O–H groups in total. The van der Waals surface area contributed by atoms with Gasteiger partial charge >= 0.3 is 0 Å². The van der Waals surface area contributed by atoms with E-state index in [-0.39, 0.29) is 24.3 Å². The van der Waals surface area contributed by atoms with Gasteiger partial charge < -0.3 is 9.80 Å². The van der Waals surface area contributed by atoms with Crippen LogP contribution in [0.25, 0.3) is 5.82 Å². The summed E-state index contributed by atoms with van der Waals surface area (Å²) in [7, 11) is 0. The van der Waals surface area contributed by atoms with Crippen molar-refractivity contribution in [1.82, 2.24) is 29.3 Å². The van der Waals surface area contributed by atoms with Crippen LogP contribution >= 0.6 is 0 Å². The highest BCUT2D eigenvalue weighted by atomic mass is 16.2. The molecule has 3 amide bonds.